The topological polar surface area (TPSA) is 23.8 Å². The number of rotatable bonds is 8. The average molecular weight is 228 g/mol. The molecular formula is C16H22N. The molecule has 1 aromatic carbocycles. The molecule has 0 bridgehead atoms. The van der Waals surface area contributed by atoms with Crippen LogP contribution in [0.2, 0.25) is 0 Å². The molecule has 0 aromatic heterocycles. The van der Waals surface area contributed by atoms with Gasteiger partial charge in [0.1, 0.15) is 0 Å². The molecule has 0 aliphatic rings. The van der Waals surface area contributed by atoms with Gasteiger partial charge in [0.25, 0.3) is 0 Å². The summed E-state index contributed by atoms with van der Waals surface area (Å²) in [6.07, 6.45) is 10.2. The van der Waals surface area contributed by atoms with Crippen molar-refractivity contribution in [2.45, 2.75) is 58.3 Å². The summed E-state index contributed by atoms with van der Waals surface area (Å²) in [7, 11) is 0. The van der Waals surface area contributed by atoms with Crippen molar-refractivity contribution in [2.24, 2.45) is 0 Å². The quantitative estimate of drug-likeness (QED) is 0.594. The van der Waals surface area contributed by atoms with Crippen LogP contribution in [0.1, 0.15) is 63.0 Å². The van der Waals surface area contributed by atoms with Gasteiger partial charge in [-0.15, -0.1) is 0 Å². The number of hydrogen-bond donors (Lipinski definition) is 0. The maximum atomic E-state index is 8.95. The number of unbranched alkanes of at least 4 members (excludes halogenated alkanes) is 6. The first-order valence-electron chi connectivity index (χ1n) is 6.78. The average Bonchev–Trinajstić information content (AvgIpc) is 2.38. The number of aryl methyl sites for hydroxylation is 1. The molecule has 0 amide bonds. The first-order valence-corrected chi connectivity index (χ1v) is 6.78. The van der Waals surface area contributed by atoms with Crippen LogP contribution >= 0.6 is 0 Å². The van der Waals surface area contributed by atoms with E-state index in [1.807, 2.05) is 18.2 Å². The minimum absolute atomic E-state index is 0.790. The van der Waals surface area contributed by atoms with Crippen LogP contribution in [0.5, 0.6) is 0 Å². The molecule has 0 saturated carbocycles. The lowest BCUT2D eigenvalue weighted by atomic mass is 10.0. The molecule has 0 fully saturated rings. The summed E-state index contributed by atoms with van der Waals surface area (Å²) in [5.74, 6) is 0. The zero-order valence-electron chi connectivity index (χ0n) is 10.8. The first-order chi connectivity index (χ1) is 8.38. The predicted octanol–water partition coefficient (Wildman–Crippen LogP) is 4.65. The van der Waals surface area contributed by atoms with Crippen molar-refractivity contribution >= 4 is 0 Å². The van der Waals surface area contributed by atoms with Gasteiger partial charge in [-0.1, -0.05) is 57.6 Å². The molecule has 1 rings (SSSR count). The summed E-state index contributed by atoms with van der Waals surface area (Å²) in [6.45, 7) is 2.24. The van der Waals surface area contributed by atoms with E-state index >= 15 is 0 Å². The highest BCUT2D eigenvalue weighted by Crippen LogP contribution is 2.13. The Hall–Kier alpha value is -1.29. The SMILES string of the molecule is CCCCCCCCCc1[c]cccc1C#N. The zero-order chi connectivity index (χ0) is 12.3. The molecule has 17 heavy (non-hydrogen) atoms. The molecule has 1 aromatic rings. The third-order valence-electron chi connectivity index (χ3n) is 3.09. The van der Waals surface area contributed by atoms with Crippen LogP contribution in [0.25, 0.3) is 0 Å². The van der Waals surface area contributed by atoms with Gasteiger partial charge in [0.15, 0.2) is 0 Å². The Labute approximate surface area is 105 Å². The Morgan fingerprint density at radius 2 is 1.82 bits per heavy atom. The molecule has 0 aliphatic carbocycles. The van der Waals surface area contributed by atoms with Crippen molar-refractivity contribution < 1.29 is 0 Å². The number of benzene rings is 1. The van der Waals surface area contributed by atoms with E-state index in [4.69, 9.17) is 5.26 Å². The fraction of sp³-hybridized carbons (Fsp3) is 0.562. The zero-order valence-corrected chi connectivity index (χ0v) is 10.8. The third-order valence-corrected chi connectivity index (χ3v) is 3.09. The molecule has 0 unspecified atom stereocenters. The molecule has 91 valence electrons. The largest absolute Gasteiger partial charge is 0.192 e. The number of hydrogen-bond acceptors (Lipinski definition) is 1. The van der Waals surface area contributed by atoms with E-state index in [-0.39, 0.29) is 0 Å². The van der Waals surface area contributed by atoms with Gasteiger partial charge in [0, 0.05) is 0 Å². The lowest BCUT2D eigenvalue weighted by molar-refractivity contribution is 0.589. The Bertz CT molecular complexity index is 349. The minimum atomic E-state index is 0.790. The van der Waals surface area contributed by atoms with Crippen LogP contribution in [-0.2, 0) is 6.42 Å². The van der Waals surface area contributed by atoms with Gasteiger partial charge in [0.05, 0.1) is 11.6 Å². The summed E-state index contributed by atoms with van der Waals surface area (Å²) in [6, 6.07) is 11.1. The third kappa shape index (κ3) is 5.54. The standard InChI is InChI=1S/C16H22N/c1-2-3-4-5-6-7-8-11-15-12-9-10-13-16(15)14-17/h9-10,13H,2-8,11H2,1H3. The van der Waals surface area contributed by atoms with Crippen molar-refractivity contribution in [3.8, 4) is 6.07 Å². The van der Waals surface area contributed by atoms with Gasteiger partial charge in [0.2, 0.25) is 0 Å². The molecule has 0 saturated heterocycles. The van der Waals surface area contributed by atoms with Crippen LogP contribution in [0, 0.1) is 17.4 Å². The lowest BCUT2D eigenvalue weighted by Crippen LogP contribution is -1.91. The second kappa shape index (κ2) is 8.82. The fourth-order valence-corrected chi connectivity index (χ4v) is 2.04. The maximum Gasteiger partial charge on any atom is 0.0994 e. The number of nitriles is 1. The van der Waals surface area contributed by atoms with Crippen molar-refractivity contribution in [3.63, 3.8) is 0 Å². The summed E-state index contributed by atoms with van der Waals surface area (Å²) in [5.41, 5.74) is 1.88. The summed E-state index contributed by atoms with van der Waals surface area (Å²) in [4.78, 5) is 0. The number of nitrogens with zero attached hydrogens (tertiary/aromatic N) is 1. The van der Waals surface area contributed by atoms with E-state index < -0.39 is 0 Å². The molecule has 1 nitrogen and oxygen atoms in total. The van der Waals surface area contributed by atoms with Crippen molar-refractivity contribution in [2.75, 3.05) is 0 Å². The van der Waals surface area contributed by atoms with Gasteiger partial charge in [-0.2, -0.15) is 5.26 Å². The van der Waals surface area contributed by atoms with Gasteiger partial charge >= 0.3 is 0 Å². The predicted molar refractivity (Wildman–Crippen MR) is 71.7 cm³/mol. The highest BCUT2D eigenvalue weighted by atomic mass is 14.2. The van der Waals surface area contributed by atoms with Crippen molar-refractivity contribution in [3.05, 3.63) is 35.4 Å². The van der Waals surface area contributed by atoms with Crippen molar-refractivity contribution in [1.29, 1.82) is 5.26 Å². The van der Waals surface area contributed by atoms with Gasteiger partial charge in [-0.25, -0.2) is 0 Å². The minimum Gasteiger partial charge on any atom is -0.192 e. The van der Waals surface area contributed by atoms with Crippen LogP contribution in [-0.4, -0.2) is 0 Å². The van der Waals surface area contributed by atoms with Crippen LogP contribution in [0.15, 0.2) is 18.2 Å². The summed E-state index contributed by atoms with van der Waals surface area (Å²) < 4.78 is 0. The molecule has 0 atom stereocenters. The van der Waals surface area contributed by atoms with E-state index in [9.17, 15) is 0 Å². The van der Waals surface area contributed by atoms with Crippen LogP contribution in [0.3, 0.4) is 0 Å². The second-order valence-corrected chi connectivity index (χ2v) is 4.55. The lowest BCUT2D eigenvalue weighted by Gasteiger charge is -2.03. The van der Waals surface area contributed by atoms with E-state index in [0.717, 1.165) is 17.5 Å². The molecule has 1 radical (unpaired) electrons. The molecule has 0 spiro atoms. The molecule has 0 heterocycles. The molecule has 1 heteroatoms. The highest BCUT2D eigenvalue weighted by Gasteiger charge is 2.00. The van der Waals surface area contributed by atoms with Gasteiger partial charge < -0.3 is 0 Å². The van der Waals surface area contributed by atoms with Gasteiger partial charge in [-0.3, -0.25) is 0 Å². The molecule has 0 aliphatic heterocycles. The van der Waals surface area contributed by atoms with E-state index in [1.165, 1.54) is 44.9 Å². The molecule has 0 N–H and O–H groups in total. The summed E-state index contributed by atoms with van der Waals surface area (Å²) >= 11 is 0. The molecular weight excluding hydrogens is 206 g/mol. The van der Waals surface area contributed by atoms with Crippen molar-refractivity contribution in [1.82, 2.24) is 0 Å². The first kappa shape index (κ1) is 13.8. The maximum absolute atomic E-state index is 8.95. The normalized spacial score (nSPS) is 10.1. The fourth-order valence-electron chi connectivity index (χ4n) is 2.04. The Balaban J connectivity index is 2.16. The smallest absolute Gasteiger partial charge is 0.0994 e. The van der Waals surface area contributed by atoms with E-state index in [1.54, 1.807) is 0 Å². The Morgan fingerprint density at radius 3 is 2.53 bits per heavy atom. The highest BCUT2D eigenvalue weighted by molar-refractivity contribution is 5.36. The second-order valence-electron chi connectivity index (χ2n) is 4.55. The Morgan fingerprint density at radius 1 is 1.12 bits per heavy atom. The monoisotopic (exact) mass is 228 g/mol. The summed E-state index contributed by atoms with van der Waals surface area (Å²) in [5, 5.41) is 8.95. The van der Waals surface area contributed by atoms with Gasteiger partial charge in [-0.05, 0) is 30.5 Å². The Kier molecular flexibility index (Phi) is 7.14. The van der Waals surface area contributed by atoms with E-state index in [2.05, 4.69) is 19.1 Å². The van der Waals surface area contributed by atoms with Crippen LogP contribution < -0.4 is 0 Å². The van der Waals surface area contributed by atoms with Crippen LogP contribution in [0.4, 0.5) is 0 Å². The van der Waals surface area contributed by atoms with E-state index in [0.29, 0.717) is 0 Å².